The summed E-state index contributed by atoms with van der Waals surface area (Å²) in [4.78, 5) is 0.541. The first-order valence-corrected chi connectivity index (χ1v) is 6.67. The number of furan rings is 1. The molecule has 0 aliphatic carbocycles. The van der Waals surface area contributed by atoms with Gasteiger partial charge in [0, 0.05) is 14.7 Å². The van der Waals surface area contributed by atoms with E-state index in [9.17, 15) is 13.2 Å². The molecule has 0 fully saturated rings. The molecule has 0 bridgehead atoms. The molecule has 1 N–H and O–H groups in total. The summed E-state index contributed by atoms with van der Waals surface area (Å²) in [5.41, 5.74) is -0.658. The van der Waals surface area contributed by atoms with E-state index in [0.29, 0.717) is 10.6 Å². The fraction of sp³-hybridized carbons (Fsp3) is 0.273. The van der Waals surface area contributed by atoms with Crippen molar-refractivity contribution in [2.45, 2.75) is 12.2 Å². The summed E-state index contributed by atoms with van der Waals surface area (Å²) in [5.74, 6) is 0.578. The van der Waals surface area contributed by atoms with Crippen molar-refractivity contribution in [3.63, 3.8) is 0 Å². The van der Waals surface area contributed by atoms with Gasteiger partial charge in [0.1, 0.15) is 11.8 Å². The maximum atomic E-state index is 12.7. The minimum atomic E-state index is -4.35. The molecule has 0 saturated heterocycles. The molecule has 1 unspecified atom stereocenters. The highest BCUT2D eigenvalue weighted by molar-refractivity contribution is 9.10. The average Bonchev–Trinajstić information content (AvgIpc) is 2.89. The van der Waals surface area contributed by atoms with E-state index in [1.165, 1.54) is 6.26 Å². The molecule has 0 aliphatic rings. The molecular formula is C11H9BrF3NOS. The fourth-order valence-electron chi connectivity index (χ4n) is 1.60. The van der Waals surface area contributed by atoms with E-state index in [-0.39, 0.29) is 4.47 Å². The molecule has 2 aromatic heterocycles. The third-order valence-corrected chi connectivity index (χ3v) is 4.60. The molecule has 2 rings (SSSR count). The number of hydrogen-bond acceptors (Lipinski definition) is 3. The summed E-state index contributed by atoms with van der Waals surface area (Å²) in [6.45, 7) is 0. The summed E-state index contributed by atoms with van der Waals surface area (Å²) in [5, 5.41) is 4.05. The largest absolute Gasteiger partial charge is 0.467 e. The standard InChI is InChI=1S/C11H9BrF3NOS/c1-16-9(7-3-2-4-17-7)10-8(12)6(5-18-10)11(13,14)15/h2-5,9,16H,1H3. The Balaban J connectivity index is 2.42. The zero-order valence-corrected chi connectivity index (χ0v) is 11.6. The van der Waals surface area contributed by atoms with Gasteiger partial charge in [-0.3, -0.25) is 0 Å². The number of rotatable bonds is 3. The topological polar surface area (TPSA) is 25.2 Å². The van der Waals surface area contributed by atoms with Crippen LogP contribution in [0.4, 0.5) is 13.2 Å². The average molecular weight is 340 g/mol. The lowest BCUT2D eigenvalue weighted by molar-refractivity contribution is -0.137. The number of alkyl halides is 3. The molecule has 0 saturated carbocycles. The van der Waals surface area contributed by atoms with Crippen LogP contribution >= 0.6 is 27.3 Å². The van der Waals surface area contributed by atoms with Crippen LogP contribution in [0.25, 0.3) is 0 Å². The Morgan fingerprint density at radius 3 is 2.61 bits per heavy atom. The van der Waals surface area contributed by atoms with E-state index in [1.54, 1.807) is 19.2 Å². The number of thiophene rings is 1. The summed E-state index contributed by atoms with van der Waals surface area (Å²) in [7, 11) is 1.67. The van der Waals surface area contributed by atoms with Crippen molar-refractivity contribution in [1.29, 1.82) is 0 Å². The van der Waals surface area contributed by atoms with Crippen molar-refractivity contribution >= 4 is 27.3 Å². The number of halogens is 4. The van der Waals surface area contributed by atoms with E-state index < -0.39 is 17.8 Å². The SMILES string of the molecule is CNC(c1ccco1)c1scc(C(F)(F)F)c1Br. The molecule has 18 heavy (non-hydrogen) atoms. The number of nitrogens with one attached hydrogen (secondary N) is 1. The van der Waals surface area contributed by atoms with Crippen molar-refractivity contribution < 1.29 is 17.6 Å². The molecule has 2 nitrogen and oxygen atoms in total. The van der Waals surface area contributed by atoms with Gasteiger partial charge in [-0.1, -0.05) is 0 Å². The van der Waals surface area contributed by atoms with Gasteiger partial charge in [0.25, 0.3) is 0 Å². The first-order valence-electron chi connectivity index (χ1n) is 5.00. The molecule has 98 valence electrons. The van der Waals surface area contributed by atoms with E-state index in [0.717, 1.165) is 16.7 Å². The first kappa shape index (κ1) is 13.6. The van der Waals surface area contributed by atoms with Crippen molar-refractivity contribution in [2.75, 3.05) is 7.05 Å². The van der Waals surface area contributed by atoms with E-state index >= 15 is 0 Å². The third-order valence-electron chi connectivity index (χ3n) is 2.44. The second-order valence-electron chi connectivity index (χ2n) is 3.56. The predicted octanol–water partition coefficient (Wildman–Crippen LogP) is 4.43. The quantitative estimate of drug-likeness (QED) is 0.894. The van der Waals surface area contributed by atoms with Gasteiger partial charge in [0.2, 0.25) is 0 Å². The van der Waals surface area contributed by atoms with Crippen LogP contribution in [0.2, 0.25) is 0 Å². The smallest absolute Gasteiger partial charge is 0.418 e. The van der Waals surface area contributed by atoms with E-state index in [1.807, 2.05) is 0 Å². The summed E-state index contributed by atoms with van der Waals surface area (Å²) < 4.78 is 43.4. The summed E-state index contributed by atoms with van der Waals surface area (Å²) in [6, 6.07) is 3.03. The lowest BCUT2D eigenvalue weighted by Gasteiger charge is -2.13. The molecule has 1 atom stereocenters. The molecule has 0 spiro atoms. The van der Waals surface area contributed by atoms with Crippen molar-refractivity contribution in [3.8, 4) is 0 Å². The highest BCUT2D eigenvalue weighted by Gasteiger charge is 2.36. The second kappa shape index (κ2) is 5.07. The van der Waals surface area contributed by atoms with Crippen LogP contribution in [-0.2, 0) is 6.18 Å². The minimum absolute atomic E-state index is 0.0655. The van der Waals surface area contributed by atoms with Gasteiger partial charge in [-0.2, -0.15) is 13.2 Å². The molecule has 2 aromatic rings. The van der Waals surface area contributed by atoms with Crippen LogP contribution in [0, 0.1) is 0 Å². The van der Waals surface area contributed by atoms with Gasteiger partial charge in [0.15, 0.2) is 0 Å². The molecule has 0 aliphatic heterocycles. The van der Waals surface area contributed by atoms with Crippen LogP contribution in [0.1, 0.15) is 22.2 Å². The Morgan fingerprint density at radius 2 is 2.17 bits per heavy atom. The zero-order chi connectivity index (χ0) is 13.3. The summed E-state index contributed by atoms with van der Waals surface area (Å²) in [6.07, 6.45) is -2.86. The van der Waals surface area contributed by atoms with E-state index in [4.69, 9.17) is 4.42 Å². The molecule has 7 heteroatoms. The molecular weight excluding hydrogens is 331 g/mol. The summed E-state index contributed by atoms with van der Waals surface area (Å²) >= 11 is 4.07. The lowest BCUT2D eigenvalue weighted by Crippen LogP contribution is -2.16. The molecule has 0 radical (unpaired) electrons. The highest BCUT2D eigenvalue weighted by atomic mass is 79.9. The first-order chi connectivity index (χ1) is 8.45. The van der Waals surface area contributed by atoms with Gasteiger partial charge in [0.05, 0.1) is 11.8 Å². The minimum Gasteiger partial charge on any atom is -0.467 e. The van der Waals surface area contributed by atoms with Crippen LogP contribution in [0.3, 0.4) is 0 Å². The van der Waals surface area contributed by atoms with Crippen LogP contribution in [-0.4, -0.2) is 7.05 Å². The maximum absolute atomic E-state index is 12.7. The normalized spacial score (nSPS) is 13.8. The Morgan fingerprint density at radius 1 is 1.44 bits per heavy atom. The van der Waals surface area contributed by atoms with Gasteiger partial charge in [-0.15, -0.1) is 11.3 Å². The maximum Gasteiger partial charge on any atom is 0.418 e. The van der Waals surface area contributed by atoms with Gasteiger partial charge >= 0.3 is 6.18 Å². The Kier molecular flexibility index (Phi) is 3.84. The van der Waals surface area contributed by atoms with Crippen molar-refractivity contribution in [1.82, 2.24) is 5.32 Å². The Bertz CT molecular complexity index is 521. The molecule has 2 heterocycles. The van der Waals surface area contributed by atoms with Crippen LogP contribution < -0.4 is 5.32 Å². The van der Waals surface area contributed by atoms with Gasteiger partial charge in [-0.25, -0.2) is 0 Å². The molecule has 0 amide bonds. The zero-order valence-electron chi connectivity index (χ0n) is 9.22. The monoisotopic (exact) mass is 339 g/mol. The van der Waals surface area contributed by atoms with Gasteiger partial charge < -0.3 is 9.73 Å². The Hall–Kier alpha value is -0.790. The molecule has 0 aromatic carbocycles. The van der Waals surface area contributed by atoms with Crippen molar-refractivity contribution in [3.05, 3.63) is 44.4 Å². The second-order valence-corrected chi connectivity index (χ2v) is 5.27. The third kappa shape index (κ3) is 2.48. The van der Waals surface area contributed by atoms with Crippen molar-refractivity contribution in [2.24, 2.45) is 0 Å². The highest BCUT2D eigenvalue weighted by Crippen LogP contribution is 2.43. The Labute approximate surface area is 114 Å². The fourth-order valence-corrected chi connectivity index (χ4v) is 3.68. The van der Waals surface area contributed by atoms with E-state index in [2.05, 4.69) is 21.2 Å². The predicted molar refractivity (Wildman–Crippen MR) is 66.6 cm³/mol. The van der Waals surface area contributed by atoms with Crippen LogP contribution in [0.15, 0.2) is 32.7 Å². The van der Waals surface area contributed by atoms with Gasteiger partial charge in [-0.05, 0) is 35.1 Å². The number of hydrogen-bond donors (Lipinski definition) is 1. The van der Waals surface area contributed by atoms with Crippen LogP contribution in [0.5, 0.6) is 0 Å². The lowest BCUT2D eigenvalue weighted by atomic mass is 10.1.